The number of carboxylic acid groups (broad SMARTS) is 1. The van der Waals surface area contributed by atoms with Gasteiger partial charge in [-0.25, -0.2) is 8.42 Å². The van der Waals surface area contributed by atoms with E-state index in [2.05, 4.69) is 5.32 Å². The lowest BCUT2D eigenvalue weighted by Gasteiger charge is -2.35. The molecule has 1 aliphatic rings. The number of piperazine rings is 1. The predicted octanol–water partition coefficient (Wildman–Crippen LogP) is 2.58. The van der Waals surface area contributed by atoms with Crippen molar-refractivity contribution in [2.45, 2.75) is 24.0 Å². The second kappa shape index (κ2) is 11.4. The summed E-state index contributed by atoms with van der Waals surface area (Å²) in [6.07, 6.45) is -4.73. The highest BCUT2D eigenvalue weighted by atomic mass is 32.2. The maximum Gasteiger partial charge on any atom is 0.416 e. The average Bonchev–Trinajstić information content (AvgIpc) is 2.81. The molecule has 0 aliphatic carbocycles. The number of benzene rings is 2. The Morgan fingerprint density at radius 2 is 1.69 bits per heavy atom. The van der Waals surface area contributed by atoms with Gasteiger partial charge < -0.3 is 20.1 Å². The van der Waals surface area contributed by atoms with E-state index in [1.165, 1.54) is 28.6 Å². The number of nitrogens with one attached hydrogen (secondary N) is 1. The summed E-state index contributed by atoms with van der Waals surface area (Å²) in [5, 5.41) is 12.3. The molecule has 35 heavy (non-hydrogen) atoms. The Balaban J connectivity index is 1.73. The summed E-state index contributed by atoms with van der Waals surface area (Å²) >= 11 is 0. The molecule has 0 unspecified atom stereocenters. The van der Waals surface area contributed by atoms with Crippen molar-refractivity contribution in [3.05, 3.63) is 59.2 Å². The number of halogens is 3. The van der Waals surface area contributed by atoms with Crippen LogP contribution in [-0.2, 0) is 38.7 Å². The minimum absolute atomic E-state index is 0.0165. The molecule has 2 aromatic rings. The fourth-order valence-electron chi connectivity index (χ4n) is 3.86. The number of carboxylic acids is 1. The summed E-state index contributed by atoms with van der Waals surface area (Å²) in [6.45, 7) is 2.29. The summed E-state index contributed by atoms with van der Waals surface area (Å²) in [6, 6.07) is 9.35. The fourth-order valence-corrected chi connectivity index (χ4v) is 5.40. The van der Waals surface area contributed by atoms with Crippen LogP contribution in [0.1, 0.15) is 16.7 Å². The first kappa shape index (κ1) is 26.9. The van der Waals surface area contributed by atoms with Crippen LogP contribution >= 0.6 is 0 Å². The number of anilines is 1. The van der Waals surface area contributed by atoms with Crippen LogP contribution in [0.15, 0.2) is 47.4 Å². The molecule has 1 saturated heterocycles. The molecule has 12 heteroatoms. The first-order valence-corrected chi connectivity index (χ1v) is 12.4. The van der Waals surface area contributed by atoms with Gasteiger partial charge in [-0.3, -0.25) is 4.79 Å². The van der Waals surface area contributed by atoms with Crippen LogP contribution in [0, 0.1) is 0 Å². The number of aliphatic carboxylic acids is 1. The van der Waals surface area contributed by atoms with E-state index in [0.29, 0.717) is 49.6 Å². The Hall–Kier alpha value is -2.67. The van der Waals surface area contributed by atoms with Crippen LogP contribution in [0.3, 0.4) is 0 Å². The van der Waals surface area contributed by atoms with Crippen molar-refractivity contribution < 1.29 is 36.2 Å². The summed E-state index contributed by atoms with van der Waals surface area (Å²) in [5.41, 5.74) is 0.867. The first-order chi connectivity index (χ1) is 16.5. The van der Waals surface area contributed by atoms with Gasteiger partial charge in [0.25, 0.3) is 0 Å². The van der Waals surface area contributed by atoms with Gasteiger partial charge in [-0.05, 0) is 47.5 Å². The topological polar surface area (TPSA) is 99.2 Å². The number of nitrogens with zero attached hydrogens (tertiary/aromatic N) is 2. The number of methoxy groups -OCH3 is 1. The van der Waals surface area contributed by atoms with Crippen molar-refractivity contribution in [2.75, 3.05) is 51.3 Å². The Kier molecular flexibility index (Phi) is 8.75. The van der Waals surface area contributed by atoms with Gasteiger partial charge in [-0.15, -0.1) is 0 Å². The van der Waals surface area contributed by atoms with Gasteiger partial charge in [-0.1, -0.05) is 6.07 Å². The van der Waals surface area contributed by atoms with Crippen molar-refractivity contribution >= 4 is 21.7 Å². The van der Waals surface area contributed by atoms with E-state index >= 15 is 0 Å². The number of hydrogen-bond acceptors (Lipinski definition) is 6. The molecule has 0 amide bonds. The van der Waals surface area contributed by atoms with E-state index < -0.39 is 27.7 Å². The number of hydrogen-bond donors (Lipinski definition) is 2. The lowest BCUT2D eigenvalue weighted by molar-refractivity contribution is -0.138. The second-order valence-corrected chi connectivity index (χ2v) is 10.1. The normalized spacial score (nSPS) is 15.4. The largest absolute Gasteiger partial charge is 0.481 e. The van der Waals surface area contributed by atoms with Crippen molar-refractivity contribution in [3.63, 3.8) is 0 Å². The van der Waals surface area contributed by atoms with E-state index in [1.54, 1.807) is 13.2 Å². The molecular formula is C23H28F3N3O5S. The van der Waals surface area contributed by atoms with Crippen LogP contribution in [0.5, 0.6) is 0 Å². The minimum Gasteiger partial charge on any atom is -0.481 e. The zero-order valence-corrected chi connectivity index (χ0v) is 20.0. The number of rotatable bonds is 10. The van der Waals surface area contributed by atoms with Gasteiger partial charge in [0.05, 0.1) is 23.5 Å². The molecule has 192 valence electrons. The SMILES string of the molecule is COCCNCc1cc(CC(=O)O)cc(S(=O)(=O)N2CCN(c3ccc(C(F)(F)F)cc3)CC2)c1. The molecule has 0 aromatic heterocycles. The lowest BCUT2D eigenvalue weighted by Crippen LogP contribution is -2.48. The second-order valence-electron chi connectivity index (χ2n) is 8.16. The molecule has 0 spiro atoms. The molecule has 8 nitrogen and oxygen atoms in total. The van der Waals surface area contributed by atoms with Crippen molar-refractivity contribution in [2.24, 2.45) is 0 Å². The molecule has 1 aliphatic heterocycles. The molecule has 2 N–H and O–H groups in total. The quantitative estimate of drug-likeness (QED) is 0.470. The third-order valence-electron chi connectivity index (χ3n) is 5.63. The number of sulfonamides is 1. The van der Waals surface area contributed by atoms with E-state index in [1.807, 2.05) is 4.90 Å². The van der Waals surface area contributed by atoms with Crippen LogP contribution in [0.2, 0.25) is 0 Å². The zero-order chi connectivity index (χ0) is 25.6. The molecule has 0 atom stereocenters. The molecule has 1 fully saturated rings. The molecule has 2 aromatic carbocycles. The van der Waals surface area contributed by atoms with E-state index in [4.69, 9.17) is 4.74 Å². The van der Waals surface area contributed by atoms with E-state index in [9.17, 15) is 31.5 Å². The molecule has 1 heterocycles. The highest BCUT2D eigenvalue weighted by Crippen LogP contribution is 2.31. The summed E-state index contributed by atoms with van der Waals surface area (Å²) in [5.74, 6) is -1.07. The van der Waals surface area contributed by atoms with Crippen molar-refractivity contribution in [1.82, 2.24) is 9.62 Å². The molecular weight excluding hydrogens is 487 g/mol. The van der Waals surface area contributed by atoms with Gasteiger partial charge in [0.2, 0.25) is 10.0 Å². The standard InChI is InChI=1S/C23H28F3N3O5S/c1-34-11-6-27-16-18-12-17(15-22(30)31)13-21(14-18)35(32,33)29-9-7-28(8-10-29)20-4-2-19(3-5-20)23(24,25)26/h2-5,12-14,27H,6-11,15-16H2,1H3,(H,30,31). The zero-order valence-electron chi connectivity index (χ0n) is 19.2. The maximum absolute atomic E-state index is 13.3. The van der Waals surface area contributed by atoms with Crippen LogP contribution in [-0.4, -0.2) is 70.2 Å². The van der Waals surface area contributed by atoms with Crippen LogP contribution < -0.4 is 10.2 Å². The van der Waals surface area contributed by atoms with Gasteiger partial charge in [0.15, 0.2) is 0 Å². The summed E-state index contributed by atoms with van der Waals surface area (Å²) in [4.78, 5) is 13.1. The van der Waals surface area contributed by atoms with E-state index in [-0.39, 0.29) is 24.4 Å². The maximum atomic E-state index is 13.3. The van der Waals surface area contributed by atoms with Gasteiger partial charge in [0, 0.05) is 52.1 Å². The number of alkyl halides is 3. The molecule has 0 saturated carbocycles. The highest BCUT2D eigenvalue weighted by molar-refractivity contribution is 7.89. The van der Waals surface area contributed by atoms with E-state index in [0.717, 1.165) is 12.1 Å². The lowest BCUT2D eigenvalue weighted by atomic mass is 10.1. The molecule has 3 rings (SSSR count). The predicted molar refractivity (Wildman–Crippen MR) is 124 cm³/mol. The monoisotopic (exact) mass is 515 g/mol. The van der Waals surface area contributed by atoms with Crippen molar-refractivity contribution in [1.29, 1.82) is 0 Å². The van der Waals surface area contributed by atoms with Gasteiger partial charge in [-0.2, -0.15) is 17.5 Å². The molecule has 0 radical (unpaired) electrons. The Bertz CT molecular complexity index is 1120. The third-order valence-corrected chi connectivity index (χ3v) is 7.51. The van der Waals surface area contributed by atoms with Gasteiger partial charge >= 0.3 is 12.1 Å². The minimum atomic E-state index is -4.42. The molecule has 0 bridgehead atoms. The highest BCUT2D eigenvalue weighted by Gasteiger charge is 2.32. The smallest absolute Gasteiger partial charge is 0.416 e. The first-order valence-electron chi connectivity index (χ1n) is 11.0. The number of ether oxygens (including phenoxy) is 1. The summed E-state index contributed by atoms with van der Waals surface area (Å²) in [7, 11) is -2.33. The van der Waals surface area contributed by atoms with Crippen LogP contribution in [0.4, 0.5) is 18.9 Å². The van der Waals surface area contributed by atoms with Crippen molar-refractivity contribution in [3.8, 4) is 0 Å². The van der Waals surface area contributed by atoms with Crippen LogP contribution in [0.25, 0.3) is 0 Å². The average molecular weight is 516 g/mol. The number of carbonyl (C=O) groups is 1. The fraction of sp³-hybridized carbons (Fsp3) is 0.435. The Morgan fingerprint density at radius 3 is 2.26 bits per heavy atom. The Morgan fingerprint density at radius 1 is 1.06 bits per heavy atom. The van der Waals surface area contributed by atoms with Gasteiger partial charge in [0.1, 0.15) is 0 Å². The third kappa shape index (κ3) is 7.17. The Labute approximate surface area is 202 Å². The summed E-state index contributed by atoms with van der Waals surface area (Å²) < 4.78 is 71.4.